The van der Waals surface area contributed by atoms with Crippen molar-refractivity contribution < 1.29 is 14.8 Å². The molecule has 2 atom stereocenters. The molecular weight excluding hydrogens is 272 g/mol. The monoisotopic (exact) mass is 292 g/mol. The molecular formula is C15H20N2O4. The predicted octanol–water partition coefficient (Wildman–Crippen LogP) is 1.80. The van der Waals surface area contributed by atoms with E-state index < -0.39 is 4.92 Å². The smallest absolute Gasteiger partial charge is 0.273 e. The fourth-order valence-electron chi connectivity index (χ4n) is 2.75. The van der Waals surface area contributed by atoms with Crippen molar-refractivity contribution in [1.29, 1.82) is 0 Å². The molecule has 0 spiro atoms. The highest BCUT2D eigenvalue weighted by molar-refractivity contribution is 5.79. The van der Waals surface area contributed by atoms with Crippen molar-refractivity contribution in [2.24, 2.45) is 5.92 Å². The summed E-state index contributed by atoms with van der Waals surface area (Å²) in [7, 11) is 0. The lowest BCUT2D eigenvalue weighted by atomic mass is 9.86. The minimum absolute atomic E-state index is 0.0139. The van der Waals surface area contributed by atoms with Gasteiger partial charge in [-0.05, 0) is 12.8 Å². The van der Waals surface area contributed by atoms with Crippen molar-refractivity contribution in [3.63, 3.8) is 0 Å². The van der Waals surface area contributed by atoms with Gasteiger partial charge in [0.15, 0.2) is 0 Å². The molecule has 1 aromatic rings. The lowest BCUT2D eigenvalue weighted by Crippen LogP contribution is -2.37. The SMILES string of the molecule is O=C(Cc1ccccc1[N+](=O)[O-])NCC1CCCCC1O. The lowest BCUT2D eigenvalue weighted by Gasteiger charge is -2.27. The Labute approximate surface area is 123 Å². The van der Waals surface area contributed by atoms with Gasteiger partial charge in [-0.15, -0.1) is 0 Å². The van der Waals surface area contributed by atoms with Crippen molar-refractivity contribution in [2.75, 3.05) is 6.54 Å². The number of aliphatic hydroxyl groups is 1. The average molecular weight is 292 g/mol. The van der Waals surface area contributed by atoms with Gasteiger partial charge in [-0.25, -0.2) is 0 Å². The zero-order valence-electron chi connectivity index (χ0n) is 11.8. The largest absolute Gasteiger partial charge is 0.393 e. The molecule has 2 N–H and O–H groups in total. The van der Waals surface area contributed by atoms with Gasteiger partial charge in [0.2, 0.25) is 5.91 Å². The highest BCUT2D eigenvalue weighted by Gasteiger charge is 2.23. The molecule has 1 aromatic carbocycles. The lowest BCUT2D eigenvalue weighted by molar-refractivity contribution is -0.385. The Bertz CT molecular complexity index is 518. The second-order valence-electron chi connectivity index (χ2n) is 5.48. The van der Waals surface area contributed by atoms with Crippen molar-refractivity contribution in [3.8, 4) is 0 Å². The van der Waals surface area contributed by atoms with E-state index in [1.165, 1.54) is 6.07 Å². The van der Waals surface area contributed by atoms with Gasteiger partial charge in [-0.1, -0.05) is 31.0 Å². The highest BCUT2D eigenvalue weighted by atomic mass is 16.6. The zero-order valence-corrected chi connectivity index (χ0v) is 11.8. The number of para-hydroxylation sites is 1. The van der Waals surface area contributed by atoms with Crippen LogP contribution in [0.15, 0.2) is 24.3 Å². The Morgan fingerprint density at radius 2 is 2.05 bits per heavy atom. The van der Waals surface area contributed by atoms with Crippen LogP contribution >= 0.6 is 0 Å². The van der Waals surface area contributed by atoms with Crippen LogP contribution in [0.4, 0.5) is 5.69 Å². The fourth-order valence-corrected chi connectivity index (χ4v) is 2.75. The number of benzene rings is 1. The number of hydrogen-bond acceptors (Lipinski definition) is 4. The summed E-state index contributed by atoms with van der Waals surface area (Å²) >= 11 is 0. The second kappa shape index (κ2) is 7.17. The maximum absolute atomic E-state index is 11.9. The average Bonchev–Trinajstić information content (AvgIpc) is 2.47. The molecule has 1 aliphatic rings. The van der Waals surface area contributed by atoms with Crippen molar-refractivity contribution in [2.45, 2.75) is 38.2 Å². The van der Waals surface area contributed by atoms with Gasteiger partial charge in [0.05, 0.1) is 17.4 Å². The summed E-state index contributed by atoms with van der Waals surface area (Å²) in [5.41, 5.74) is 0.370. The first-order valence-corrected chi connectivity index (χ1v) is 7.25. The molecule has 114 valence electrons. The van der Waals surface area contributed by atoms with Crippen LogP contribution < -0.4 is 5.32 Å². The number of aliphatic hydroxyl groups excluding tert-OH is 1. The van der Waals surface area contributed by atoms with E-state index in [-0.39, 0.29) is 30.0 Å². The molecule has 2 unspecified atom stereocenters. The summed E-state index contributed by atoms with van der Waals surface area (Å²) in [6, 6.07) is 6.25. The van der Waals surface area contributed by atoms with E-state index in [1.54, 1.807) is 18.2 Å². The summed E-state index contributed by atoms with van der Waals surface area (Å²) < 4.78 is 0. The summed E-state index contributed by atoms with van der Waals surface area (Å²) in [6.45, 7) is 0.431. The Hall–Kier alpha value is -1.95. The predicted molar refractivity (Wildman–Crippen MR) is 77.8 cm³/mol. The minimum atomic E-state index is -0.479. The van der Waals surface area contributed by atoms with E-state index in [2.05, 4.69) is 5.32 Å². The van der Waals surface area contributed by atoms with E-state index in [9.17, 15) is 20.0 Å². The summed E-state index contributed by atoms with van der Waals surface area (Å²) in [5, 5.41) is 23.5. The van der Waals surface area contributed by atoms with Crippen LogP contribution in [0.25, 0.3) is 0 Å². The van der Waals surface area contributed by atoms with E-state index in [1.807, 2.05) is 0 Å². The molecule has 6 nitrogen and oxygen atoms in total. The first-order valence-electron chi connectivity index (χ1n) is 7.25. The molecule has 1 amide bonds. The summed E-state index contributed by atoms with van der Waals surface area (Å²) in [4.78, 5) is 22.3. The fraction of sp³-hybridized carbons (Fsp3) is 0.533. The normalized spacial score (nSPS) is 21.8. The van der Waals surface area contributed by atoms with E-state index in [4.69, 9.17) is 0 Å². The molecule has 0 heterocycles. The first kappa shape index (κ1) is 15.4. The number of amides is 1. The molecule has 0 aliphatic heterocycles. The van der Waals surface area contributed by atoms with Crippen LogP contribution in [-0.2, 0) is 11.2 Å². The first-order chi connectivity index (χ1) is 10.1. The minimum Gasteiger partial charge on any atom is -0.393 e. The number of carbonyl (C=O) groups is 1. The van der Waals surface area contributed by atoms with Gasteiger partial charge in [0, 0.05) is 24.1 Å². The van der Waals surface area contributed by atoms with Gasteiger partial charge in [0.25, 0.3) is 5.69 Å². The van der Waals surface area contributed by atoms with Crippen molar-refractivity contribution in [3.05, 3.63) is 39.9 Å². The zero-order chi connectivity index (χ0) is 15.2. The van der Waals surface area contributed by atoms with Gasteiger partial charge >= 0.3 is 0 Å². The summed E-state index contributed by atoms with van der Waals surface area (Å²) in [6.07, 6.45) is 3.42. The third-order valence-electron chi connectivity index (χ3n) is 3.97. The topological polar surface area (TPSA) is 92.5 Å². The van der Waals surface area contributed by atoms with E-state index >= 15 is 0 Å². The van der Waals surface area contributed by atoms with E-state index in [0.29, 0.717) is 12.1 Å². The van der Waals surface area contributed by atoms with Crippen molar-refractivity contribution >= 4 is 11.6 Å². The number of nitro benzene ring substituents is 1. The third kappa shape index (κ3) is 4.26. The van der Waals surface area contributed by atoms with Crippen LogP contribution in [0.1, 0.15) is 31.2 Å². The maximum Gasteiger partial charge on any atom is 0.273 e. The van der Waals surface area contributed by atoms with Crippen molar-refractivity contribution in [1.82, 2.24) is 5.32 Å². The van der Waals surface area contributed by atoms with Gasteiger partial charge in [-0.2, -0.15) is 0 Å². The highest BCUT2D eigenvalue weighted by Crippen LogP contribution is 2.23. The molecule has 1 saturated carbocycles. The molecule has 0 saturated heterocycles. The Morgan fingerprint density at radius 3 is 2.76 bits per heavy atom. The number of carbonyl (C=O) groups excluding carboxylic acids is 1. The molecule has 0 aromatic heterocycles. The summed E-state index contributed by atoms with van der Waals surface area (Å²) in [5.74, 6) is -0.157. The quantitative estimate of drug-likeness (QED) is 0.639. The molecule has 1 aliphatic carbocycles. The third-order valence-corrected chi connectivity index (χ3v) is 3.97. The number of nitrogens with zero attached hydrogens (tertiary/aromatic N) is 1. The molecule has 21 heavy (non-hydrogen) atoms. The number of rotatable bonds is 5. The molecule has 1 fully saturated rings. The Kier molecular flexibility index (Phi) is 5.27. The Balaban J connectivity index is 1.89. The number of nitro groups is 1. The van der Waals surface area contributed by atoms with Crippen LogP contribution in [-0.4, -0.2) is 28.6 Å². The molecule has 2 rings (SSSR count). The standard InChI is InChI=1S/C15H20N2O4/c18-14-8-4-2-6-12(14)10-16-15(19)9-11-5-1-3-7-13(11)17(20)21/h1,3,5,7,12,14,18H,2,4,6,8-10H2,(H,16,19). The van der Waals surface area contributed by atoms with Crippen LogP contribution in [0.2, 0.25) is 0 Å². The second-order valence-corrected chi connectivity index (χ2v) is 5.48. The maximum atomic E-state index is 11.9. The molecule has 0 bridgehead atoms. The molecule has 0 radical (unpaired) electrons. The van der Waals surface area contributed by atoms with Crippen LogP contribution in [0.3, 0.4) is 0 Å². The number of hydrogen-bond donors (Lipinski definition) is 2. The number of nitrogens with one attached hydrogen (secondary N) is 1. The Morgan fingerprint density at radius 1 is 1.33 bits per heavy atom. The van der Waals surface area contributed by atoms with Gasteiger partial charge in [-0.3, -0.25) is 14.9 Å². The molecule has 6 heteroatoms. The van der Waals surface area contributed by atoms with Crippen LogP contribution in [0, 0.1) is 16.0 Å². The van der Waals surface area contributed by atoms with Crippen LogP contribution in [0.5, 0.6) is 0 Å². The van der Waals surface area contributed by atoms with Gasteiger partial charge in [0.1, 0.15) is 0 Å². The van der Waals surface area contributed by atoms with Gasteiger partial charge < -0.3 is 10.4 Å². The van der Waals surface area contributed by atoms with E-state index in [0.717, 1.165) is 25.7 Å².